The molecule has 1 aliphatic heterocycles. The number of halogens is 1. The van der Waals surface area contributed by atoms with Gasteiger partial charge in [-0.3, -0.25) is 0 Å². The fourth-order valence-corrected chi connectivity index (χ4v) is 2.91. The van der Waals surface area contributed by atoms with Gasteiger partial charge in [-0.25, -0.2) is 0 Å². The summed E-state index contributed by atoms with van der Waals surface area (Å²) >= 11 is -0.178. The van der Waals surface area contributed by atoms with E-state index >= 15 is 0 Å². The van der Waals surface area contributed by atoms with Gasteiger partial charge in [0.25, 0.3) is 0 Å². The summed E-state index contributed by atoms with van der Waals surface area (Å²) in [6.45, 7) is 0. The van der Waals surface area contributed by atoms with Gasteiger partial charge >= 0.3 is 0 Å². The van der Waals surface area contributed by atoms with E-state index in [1.807, 2.05) is 0 Å². The van der Waals surface area contributed by atoms with E-state index in [1.165, 1.54) is 0 Å². The average Bonchev–Trinajstić information content (AvgIpc) is 1.83. The van der Waals surface area contributed by atoms with Crippen molar-refractivity contribution < 1.29 is 15.3 Å². The Morgan fingerprint density at radius 2 is 2.00 bits per heavy atom. The first-order valence-corrected chi connectivity index (χ1v) is 5.44. The Morgan fingerprint density at radius 1 is 1.33 bits per heavy atom. The lowest BCUT2D eigenvalue weighted by molar-refractivity contribution is -0.0206. The number of hydrogen-bond donors (Lipinski definition) is 3. The van der Waals surface area contributed by atoms with Crippen molar-refractivity contribution in [1.29, 1.82) is 0 Å². The third-order valence-corrected chi connectivity index (χ3v) is 3.87. The highest BCUT2D eigenvalue weighted by atomic mass is 127. The SMILES string of the molecule is OC1C=ICC(O)C1O. The highest BCUT2D eigenvalue weighted by Crippen LogP contribution is 2.13. The maximum Gasteiger partial charge on any atom is 0.110 e. The van der Waals surface area contributed by atoms with Crippen molar-refractivity contribution in [2.45, 2.75) is 18.3 Å². The van der Waals surface area contributed by atoms with Crippen molar-refractivity contribution in [3.63, 3.8) is 0 Å². The Kier molecular flexibility index (Phi) is 2.57. The van der Waals surface area contributed by atoms with Crippen LogP contribution in [0.4, 0.5) is 0 Å². The zero-order chi connectivity index (χ0) is 6.85. The van der Waals surface area contributed by atoms with Crippen LogP contribution < -0.4 is 0 Å². The van der Waals surface area contributed by atoms with Gasteiger partial charge in [0.15, 0.2) is 0 Å². The Bertz CT molecular complexity index is 125. The first kappa shape index (κ1) is 7.59. The molecule has 0 radical (unpaired) electrons. The van der Waals surface area contributed by atoms with Crippen molar-refractivity contribution in [1.82, 2.24) is 0 Å². The Balaban J connectivity index is 2.58. The maximum atomic E-state index is 8.95. The van der Waals surface area contributed by atoms with Gasteiger partial charge in [0.05, 0.1) is 6.10 Å². The topological polar surface area (TPSA) is 60.7 Å². The van der Waals surface area contributed by atoms with Gasteiger partial charge in [-0.15, -0.1) is 20.7 Å². The number of rotatable bonds is 0. The maximum absolute atomic E-state index is 8.95. The Labute approximate surface area is 63.1 Å². The molecule has 3 atom stereocenters. The van der Waals surface area contributed by atoms with Crippen LogP contribution in [0.15, 0.2) is 0 Å². The van der Waals surface area contributed by atoms with E-state index < -0.39 is 18.3 Å². The number of alkyl halides is 1. The second-order valence-electron chi connectivity index (χ2n) is 1.98. The zero-order valence-corrected chi connectivity index (χ0v) is 6.89. The van der Waals surface area contributed by atoms with Crippen molar-refractivity contribution >= 4 is 24.7 Å². The van der Waals surface area contributed by atoms with E-state index in [9.17, 15) is 0 Å². The quantitative estimate of drug-likeness (QED) is 0.372. The molecule has 0 aromatic rings. The first-order valence-electron chi connectivity index (χ1n) is 2.67. The summed E-state index contributed by atoms with van der Waals surface area (Å²) in [5, 5.41) is 26.8. The summed E-state index contributed by atoms with van der Waals surface area (Å²) in [5.74, 6) is 0. The summed E-state index contributed by atoms with van der Waals surface area (Å²) in [6, 6.07) is 0. The van der Waals surface area contributed by atoms with E-state index in [-0.39, 0.29) is 20.7 Å². The van der Waals surface area contributed by atoms with Crippen LogP contribution in [-0.4, -0.2) is 42.1 Å². The fourth-order valence-electron chi connectivity index (χ4n) is 0.627. The molecule has 54 valence electrons. The second-order valence-corrected chi connectivity index (χ2v) is 4.46. The Morgan fingerprint density at radius 3 is 2.44 bits per heavy atom. The van der Waals surface area contributed by atoms with Gasteiger partial charge < -0.3 is 15.3 Å². The van der Waals surface area contributed by atoms with E-state index in [0.29, 0.717) is 4.43 Å². The van der Waals surface area contributed by atoms with E-state index in [2.05, 4.69) is 0 Å². The smallest absolute Gasteiger partial charge is 0.110 e. The van der Waals surface area contributed by atoms with Crippen LogP contribution in [0.5, 0.6) is 0 Å². The van der Waals surface area contributed by atoms with Crippen molar-refractivity contribution in [2.75, 3.05) is 4.43 Å². The fraction of sp³-hybridized carbons (Fsp3) is 0.800. The van der Waals surface area contributed by atoms with Gasteiger partial charge in [0.1, 0.15) is 12.2 Å². The molecule has 1 rings (SSSR count). The van der Waals surface area contributed by atoms with Gasteiger partial charge in [-0.05, 0) is 4.01 Å². The predicted molar refractivity (Wildman–Crippen MR) is 43.0 cm³/mol. The van der Waals surface area contributed by atoms with Gasteiger partial charge in [0.2, 0.25) is 0 Å². The lowest BCUT2D eigenvalue weighted by Crippen LogP contribution is -2.41. The van der Waals surface area contributed by atoms with Crippen LogP contribution in [0.3, 0.4) is 0 Å². The molecule has 9 heavy (non-hydrogen) atoms. The van der Waals surface area contributed by atoms with E-state index in [1.54, 1.807) is 4.01 Å². The first-order chi connectivity index (χ1) is 4.22. The monoisotopic (exact) mass is 244 g/mol. The molecule has 0 saturated heterocycles. The number of aliphatic hydroxyl groups excluding tert-OH is 3. The highest BCUT2D eigenvalue weighted by molar-refractivity contribution is 14.2. The molecule has 0 aromatic carbocycles. The van der Waals surface area contributed by atoms with Crippen molar-refractivity contribution in [2.24, 2.45) is 0 Å². The average molecular weight is 244 g/mol. The normalized spacial score (nSPS) is 44.1. The molecule has 0 aliphatic carbocycles. The molecule has 0 amide bonds. The van der Waals surface area contributed by atoms with Crippen molar-refractivity contribution in [3.8, 4) is 0 Å². The summed E-state index contributed by atoms with van der Waals surface area (Å²) in [4.78, 5) is 0. The zero-order valence-electron chi connectivity index (χ0n) is 4.74. The molecule has 4 heteroatoms. The molecule has 3 unspecified atom stereocenters. The van der Waals surface area contributed by atoms with Crippen LogP contribution in [-0.2, 0) is 0 Å². The van der Waals surface area contributed by atoms with Crippen LogP contribution in [0.2, 0.25) is 0 Å². The van der Waals surface area contributed by atoms with Crippen LogP contribution in [0, 0.1) is 0 Å². The summed E-state index contributed by atoms with van der Waals surface area (Å²) < 4.78 is 2.38. The molecule has 1 aliphatic rings. The molecule has 0 fully saturated rings. The van der Waals surface area contributed by atoms with Gasteiger partial charge in [-0.2, -0.15) is 0 Å². The minimum absolute atomic E-state index is 0.178. The summed E-state index contributed by atoms with van der Waals surface area (Å²) in [5.41, 5.74) is 0. The summed E-state index contributed by atoms with van der Waals surface area (Å²) in [7, 11) is 0. The third kappa shape index (κ3) is 1.70. The lowest BCUT2D eigenvalue weighted by Gasteiger charge is -2.22. The molecule has 3 nitrogen and oxygen atoms in total. The molecular weight excluding hydrogens is 235 g/mol. The number of aliphatic hydroxyl groups is 3. The molecule has 0 aromatic heterocycles. The minimum Gasteiger partial charge on any atom is -0.390 e. The highest BCUT2D eigenvalue weighted by Gasteiger charge is 2.25. The van der Waals surface area contributed by atoms with Crippen molar-refractivity contribution in [3.05, 3.63) is 0 Å². The summed E-state index contributed by atoms with van der Waals surface area (Å²) in [6.07, 6.45) is -2.43. The predicted octanol–water partition coefficient (Wildman–Crippen LogP) is -1.14. The van der Waals surface area contributed by atoms with Crippen LogP contribution >= 0.6 is 20.7 Å². The number of hydrogen-bond acceptors (Lipinski definition) is 3. The molecule has 0 spiro atoms. The molecule has 3 N–H and O–H groups in total. The second kappa shape index (κ2) is 3.05. The van der Waals surface area contributed by atoms with E-state index in [4.69, 9.17) is 15.3 Å². The van der Waals surface area contributed by atoms with E-state index in [0.717, 1.165) is 0 Å². The molecule has 0 saturated carbocycles. The van der Waals surface area contributed by atoms with Gasteiger partial charge in [0, 0.05) is 4.43 Å². The van der Waals surface area contributed by atoms with Crippen LogP contribution in [0.1, 0.15) is 0 Å². The molecular formula is C5H9IO3. The molecule has 1 heterocycles. The minimum atomic E-state index is -0.946. The largest absolute Gasteiger partial charge is 0.390 e. The van der Waals surface area contributed by atoms with Crippen LogP contribution in [0.25, 0.3) is 0 Å². The lowest BCUT2D eigenvalue weighted by atomic mass is 10.1. The molecule has 0 bridgehead atoms. The van der Waals surface area contributed by atoms with Gasteiger partial charge in [-0.1, -0.05) is 0 Å². The standard InChI is InChI=1S/C5H9IO3/c7-3-1-6-2-4(8)5(3)9/h1,3-5,7-9H,2H2. The Hall–Kier alpha value is 0.480. The third-order valence-electron chi connectivity index (χ3n) is 1.21.